The van der Waals surface area contributed by atoms with E-state index in [1.165, 1.54) is 11.3 Å². The van der Waals surface area contributed by atoms with Gasteiger partial charge in [0.25, 0.3) is 0 Å². The van der Waals surface area contributed by atoms with E-state index in [1.807, 2.05) is 0 Å². The van der Waals surface area contributed by atoms with Crippen molar-refractivity contribution in [2.24, 2.45) is 5.92 Å². The van der Waals surface area contributed by atoms with E-state index in [9.17, 15) is 9.59 Å². The third-order valence-corrected chi connectivity index (χ3v) is 3.17. The molecule has 1 saturated carbocycles. The van der Waals surface area contributed by atoms with E-state index >= 15 is 0 Å². The Labute approximate surface area is 103 Å². The van der Waals surface area contributed by atoms with Crippen LogP contribution >= 0.6 is 11.3 Å². The zero-order valence-electron chi connectivity index (χ0n) is 9.56. The topological polar surface area (TPSA) is 68.3 Å². The number of esters is 1. The number of nitrogens with zero attached hydrogens (tertiary/aromatic N) is 1. The van der Waals surface area contributed by atoms with E-state index in [0.717, 1.165) is 12.8 Å². The number of carbonyl (C=O) groups is 2. The lowest BCUT2D eigenvalue weighted by atomic mass is 10.3. The summed E-state index contributed by atoms with van der Waals surface area (Å²) in [4.78, 5) is 26.9. The van der Waals surface area contributed by atoms with Gasteiger partial charge in [-0.15, -0.1) is 11.3 Å². The molecule has 1 amide bonds. The molecule has 92 valence electrons. The van der Waals surface area contributed by atoms with Gasteiger partial charge in [-0.2, -0.15) is 0 Å². The molecule has 0 bridgehead atoms. The van der Waals surface area contributed by atoms with Gasteiger partial charge in [0, 0.05) is 11.3 Å². The first kappa shape index (κ1) is 12.0. The quantitative estimate of drug-likeness (QED) is 0.810. The molecular formula is C11H14N2O3S. The Bertz CT molecular complexity index is 426. The minimum atomic E-state index is -0.294. The van der Waals surface area contributed by atoms with Crippen molar-refractivity contribution in [3.05, 3.63) is 11.1 Å². The molecular weight excluding hydrogens is 240 g/mol. The van der Waals surface area contributed by atoms with E-state index in [-0.39, 0.29) is 24.2 Å². The molecule has 0 aromatic carbocycles. The Morgan fingerprint density at radius 3 is 3.00 bits per heavy atom. The van der Waals surface area contributed by atoms with Crippen LogP contribution in [0, 0.1) is 5.92 Å². The average molecular weight is 254 g/mol. The zero-order valence-corrected chi connectivity index (χ0v) is 10.4. The summed E-state index contributed by atoms with van der Waals surface area (Å²) in [5.74, 6) is -0.104. The summed E-state index contributed by atoms with van der Waals surface area (Å²) in [6.45, 7) is 2.13. The van der Waals surface area contributed by atoms with Crippen molar-refractivity contribution in [3.63, 3.8) is 0 Å². The monoisotopic (exact) mass is 254 g/mol. The van der Waals surface area contributed by atoms with E-state index in [1.54, 1.807) is 12.3 Å². The molecule has 1 heterocycles. The molecule has 0 atom stereocenters. The van der Waals surface area contributed by atoms with Crippen LogP contribution in [0.2, 0.25) is 0 Å². The Balaban J connectivity index is 1.86. The number of ether oxygens (including phenoxy) is 1. The molecule has 0 saturated heterocycles. The molecule has 0 unspecified atom stereocenters. The van der Waals surface area contributed by atoms with Gasteiger partial charge in [0.15, 0.2) is 5.13 Å². The molecule has 1 fully saturated rings. The lowest BCUT2D eigenvalue weighted by Gasteiger charge is -1.99. The predicted molar refractivity (Wildman–Crippen MR) is 63.8 cm³/mol. The van der Waals surface area contributed by atoms with Gasteiger partial charge < -0.3 is 10.1 Å². The summed E-state index contributed by atoms with van der Waals surface area (Å²) in [6.07, 6.45) is 2.09. The summed E-state index contributed by atoms with van der Waals surface area (Å²) < 4.78 is 4.82. The molecule has 0 radical (unpaired) electrons. The summed E-state index contributed by atoms with van der Waals surface area (Å²) in [6, 6.07) is 0. The van der Waals surface area contributed by atoms with Crippen LogP contribution in [0.1, 0.15) is 25.5 Å². The second-order valence-corrected chi connectivity index (χ2v) is 4.75. The molecule has 1 aromatic heterocycles. The fourth-order valence-corrected chi connectivity index (χ4v) is 2.07. The number of rotatable bonds is 5. The minimum Gasteiger partial charge on any atom is -0.466 e. The average Bonchev–Trinajstić information content (AvgIpc) is 3.03. The fraction of sp³-hybridized carbons (Fsp3) is 0.545. The van der Waals surface area contributed by atoms with E-state index < -0.39 is 0 Å². The minimum absolute atomic E-state index is 0.0297. The maximum atomic E-state index is 11.5. The van der Waals surface area contributed by atoms with Gasteiger partial charge in [-0.25, -0.2) is 4.98 Å². The van der Waals surface area contributed by atoms with Crippen molar-refractivity contribution in [1.82, 2.24) is 4.98 Å². The number of thiazole rings is 1. The molecule has 6 heteroatoms. The molecule has 1 aliphatic carbocycles. The van der Waals surface area contributed by atoms with Gasteiger partial charge in [0.2, 0.25) is 5.91 Å². The Morgan fingerprint density at radius 1 is 1.59 bits per heavy atom. The number of nitrogens with one attached hydrogen (secondary N) is 1. The maximum absolute atomic E-state index is 11.5. The van der Waals surface area contributed by atoms with Crippen molar-refractivity contribution >= 4 is 28.3 Å². The Kier molecular flexibility index (Phi) is 3.73. The first-order chi connectivity index (χ1) is 8.19. The standard InChI is InChI=1S/C11H14N2O3S/c1-2-16-9(14)5-8-6-17-11(12-8)13-10(15)7-3-4-7/h6-7H,2-5H2,1H3,(H,12,13,15). The molecule has 1 aromatic rings. The van der Waals surface area contributed by atoms with Crippen molar-refractivity contribution in [3.8, 4) is 0 Å². The third-order valence-electron chi connectivity index (χ3n) is 2.36. The van der Waals surface area contributed by atoms with Gasteiger partial charge in [-0.1, -0.05) is 0 Å². The molecule has 1 aliphatic rings. The predicted octanol–water partition coefficient (Wildman–Crippen LogP) is 1.60. The third kappa shape index (κ3) is 3.52. The number of hydrogen-bond donors (Lipinski definition) is 1. The summed E-state index contributed by atoms with van der Waals surface area (Å²) in [5, 5.41) is 5.07. The van der Waals surface area contributed by atoms with Crippen LogP contribution in [0.15, 0.2) is 5.38 Å². The highest BCUT2D eigenvalue weighted by molar-refractivity contribution is 7.13. The van der Waals surface area contributed by atoms with Gasteiger partial charge in [0.1, 0.15) is 0 Å². The number of amides is 1. The fourth-order valence-electron chi connectivity index (χ4n) is 1.36. The molecule has 5 nitrogen and oxygen atoms in total. The highest BCUT2D eigenvalue weighted by Crippen LogP contribution is 2.30. The van der Waals surface area contributed by atoms with Crippen LogP contribution in [0.25, 0.3) is 0 Å². The summed E-state index contributed by atoms with van der Waals surface area (Å²) in [5.41, 5.74) is 0.638. The second kappa shape index (κ2) is 5.27. The first-order valence-electron chi connectivity index (χ1n) is 5.60. The van der Waals surface area contributed by atoms with Gasteiger partial charge in [0.05, 0.1) is 18.7 Å². The number of carbonyl (C=O) groups excluding carboxylic acids is 2. The van der Waals surface area contributed by atoms with Crippen LogP contribution < -0.4 is 5.32 Å². The largest absolute Gasteiger partial charge is 0.466 e. The smallest absolute Gasteiger partial charge is 0.311 e. The van der Waals surface area contributed by atoms with E-state index in [2.05, 4.69) is 10.3 Å². The van der Waals surface area contributed by atoms with Crippen LogP contribution in [0.5, 0.6) is 0 Å². The lowest BCUT2D eigenvalue weighted by molar-refractivity contribution is -0.142. The maximum Gasteiger partial charge on any atom is 0.311 e. The molecule has 2 rings (SSSR count). The highest BCUT2D eigenvalue weighted by Gasteiger charge is 2.30. The molecule has 0 spiro atoms. The number of hydrogen-bond acceptors (Lipinski definition) is 5. The second-order valence-electron chi connectivity index (χ2n) is 3.89. The lowest BCUT2D eigenvalue weighted by Crippen LogP contribution is -2.13. The van der Waals surface area contributed by atoms with Crippen LogP contribution in [-0.4, -0.2) is 23.5 Å². The van der Waals surface area contributed by atoms with Crippen molar-refractivity contribution in [2.75, 3.05) is 11.9 Å². The van der Waals surface area contributed by atoms with Crippen molar-refractivity contribution < 1.29 is 14.3 Å². The normalized spacial score (nSPS) is 14.4. The zero-order chi connectivity index (χ0) is 12.3. The number of anilines is 1. The molecule has 0 aliphatic heterocycles. The first-order valence-corrected chi connectivity index (χ1v) is 6.48. The Morgan fingerprint density at radius 2 is 2.35 bits per heavy atom. The van der Waals surface area contributed by atoms with E-state index in [4.69, 9.17) is 4.74 Å². The van der Waals surface area contributed by atoms with Gasteiger partial charge in [-0.3, -0.25) is 9.59 Å². The highest BCUT2D eigenvalue weighted by atomic mass is 32.1. The number of aromatic nitrogens is 1. The van der Waals surface area contributed by atoms with Crippen molar-refractivity contribution in [2.45, 2.75) is 26.2 Å². The summed E-state index contributed by atoms with van der Waals surface area (Å²) >= 11 is 1.33. The van der Waals surface area contributed by atoms with E-state index in [0.29, 0.717) is 17.4 Å². The van der Waals surface area contributed by atoms with Crippen LogP contribution in [0.4, 0.5) is 5.13 Å². The van der Waals surface area contributed by atoms with Gasteiger partial charge in [-0.05, 0) is 19.8 Å². The SMILES string of the molecule is CCOC(=O)Cc1csc(NC(=O)C2CC2)n1. The van der Waals surface area contributed by atoms with Crippen molar-refractivity contribution in [1.29, 1.82) is 0 Å². The summed E-state index contributed by atoms with van der Waals surface area (Å²) in [7, 11) is 0. The van der Waals surface area contributed by atoms with Gasteiger partial charge >= 0.3 is 5.97 Å². The van der Waals surface area contributed by atoms with Crippen LogP contribution in [0.3, 0.4) is 0 Å². The molecule has 17 heavy (non-hydrogen) atoms. The Hall–Kier alpha value is -1.43. The molecule has 1 N–H and O–H groups in total. The van der Waals surface area contributed by atoms with Crippen LogP contribution in [-0.2, 0) is 20.7 Å².